The Morgan fingerprint density at radius 3 is 0.750 bits per heavy atom. The molecule has 0 bridgehead atoms. The summed E-state index contributed by atoms with van der Waals surface area (Å²) in [6.45, 7) is 0. The molecule has 18 valence electrons. The molecular formula is NaO2Sb. The molecule has 0 amide bonds. The van der Waals surface area contributed by atoms with Crippen LogP contribution >= 0.6 is 0 Å². The molecule has 0 aliphatic rings. The zero-order valence-corrected chi connectivity index (χ0v) is 6.82. The van der Waals surface area contributed by atoms with Gasteiger partial charge in [-0.25, -0.2) is 0 Å². The largest absolute Gasteiger partial charge is 3.00 e. The van der Waals surface area contributed by atoms with E-state index in [0.29, 0.717) is 0 Å². The van der Waals surface area contributed by atoms with Gasteiger partial charge in [-0.3, -0.25) is 0 Å². The standard InChI is InChI=1S/Na.2O.Sb/q+1;2*-2;+3. The first-order chi connectivity index (χ1) is 0. The summed E-state index contributed by atoms with van der Waals surface area (Å²) in [6, 6.07) is 0. The predicted octanol–water partition coefficient (Wildman–Crippen LogP) is -3.61. The van der Waals surface area contributed by atoms with E-state index in [9.17, 15) is 0 Å². The van der Waals surface area contributed by atoms with Crippen molar-refractivity contribution in [1.82, 2.24) is 0 Å². The molecule has 0 fully saturated rings. The molecule has 0 rings (SSSR count). The molecule has 0 N–H and O–H groups in total. The van der Waals surface area contributed by atoms with Gasteiger partial charge in [-0.05, 0) is 0 Å². The maximum atomic E-state index is 0. The summed E-state index contributed by atoms with van der Waals surface area (Å²) < 4.78 is 0. The summed E-state index contributed by atoms with van der Waals surface area (Å²) in [5, 5.41) is 0. The average molecular weight is 177 g/mol. The Morgan fingerprint density at radius 2 is 0.750 bits per heavy atom. The minimum absolute atomic E-state index is 0. The van der Waals surface area contributed by atoms with Crippen LogP contribution in [-0.2, 0) is 11.0 Å². The Kier molecular flexibility index (Phi) is 234. The second-order valence-electron chi connectivity index (χ2n) is 0. The maximum absolute atomic E-state index is 0. The SMILES string of the molecule is [Na+].[O-2].[O-2].[Sb+3]. The minimum atomic E-state index is 0. The summed E-state index contributed by atoms with van der Waals surface area (Å²) in [5.74, 6) is 0. The second-order valence-corrected chi connectivity index (χ2v) is 0. The van der Waals surface area contributed by atoms with Crippen molar-refractivity contribution in [2.24, 2.45) is 0 Å². The van der Waals surface area contributed by atoms with Crippen LogP contribution in [-0.4, -0.2) is 24.4 Å². The van der Waals surface area contributed by atoms with E-state index in [2.05, 4.69) is 0 Å². The van der Waals surface area contributed by atoms with Gasteiger partial charge in [0, 0.05) is 0 Å². The molecule has 0 aromatic carbocycles. The Balaban J connectivity index is 0. The molecule has 0 aliphatic carbocycles. The van der Waals surface area contributed by atoms with Crippen LogP contribution in [0.1, 0.15) is 0 Å². The van der Waals surface area contributed by atoms with E-state index in [-0.39, 0.29) is 64.9 Å². The first kappa shape index (κ1) is 42.6. The van der Waals surface area contributed by atoms with Crippen LogP contribution in [0.5, 0.6) is 0 Å². The summed E-state index contributed by atoms with van der Waals surface area (Å²) in [5.41, 5.74) is 0. The Morgan fingerprint density at radius 1 is 0.750 bits per heavy atom. The first-order valence-corrected chi connectivity index (χ1v) is 0. The van der Waals surface area contributed by atoms with Gasteiger partial charge in [0.2, 0.25) is 0 Å². The topological polar surface area (TPSA) is 57.0 Å². The van der Waals surface area contributed by atoms with Crippen molar-refractivity contribution in [1.29, 1.82) is 0 Å². The second kappa shape index (κ2) is 21.9. The van der Waals surface area contributed by atoms with E-state index in [0.717, 1.165) is 0 Å². The van der Waals surface area contributed by atoms with E-state index >= 15 is 0 Å². The van der Waals surface area contributed by atoms with Crippen LogP contribution in [0.15, 0.2) is 0 Å². The molecule has 0 spiro atoms. The fourth-order valence-corrected chi connectivity index (χ4v) is 0. The normalized spacial score (nSPS) is 0. The van der Waals surface area contributed by atoms with Crippen molar-refractivity contribution in [2.75, 3.05) is 0 Å². The summed E-state index contributed by atoms with van der Waals surface area (Å²) >= 11 is 0. The van der Waals surface area contributed by atoms with E-state index in [1.54, 1.807) is 0 Å². The molecule has 2 radical (unpaired) electrons. The molecule has 0 aromatic heterocycles. The molecule has 0 saturated carbocycles. The van der Waals surface area contributed by atoms with Crippen molar-refractivity contribution in [3.05, 3.63) is 0 Å². The van der Waals surface area contributed by atoms with Gasteiger partial charge in [0.1, 0.15) is 0 Å². The third-order valence-electron chi connectivity index (χ3n) is 0. The molecule has 0 atom stereocenters. The van der Waals surface area contributed by atoms with Crippen LogP contribution < -0.4 is 29.6 Å². The van der Waals surface area contributed by atoms with Crippen molar-refractivity contribution in [3.63, 3.8) is 0 Å². The Bertz CT molecular complexity index is 6.00. The van der Waals surface area contributed by atoms with Gasteiger partial charge in [-0.2, -0.15) is 0 Å². The van der Waals surface area contributed by atoms with E-state index in [4.69, 9.17) is 0 Å². The fraction of sp³-hybridized carbons (Fsp3) is 0. The van der Waals surface area contributed by atoms with Gasteiger partial charge < -0.3 is 11.0 Å². The summed E-state index contributed by atoms with van der Waals surface area (Å²) in [4.78, 5) is 0. The average Bonchev–Trinajstić information content (AvgIpc) is 0. The van der Waals surface area contributed by atoms with Crippen molar-refractivity contribution in [2.45, 2.75) is 0 Å². The molecule has 4 heavy (non-hydrogen) atoms. The van der Waals surface area contributed by atoms with Crippen molar-refractivity contribution >= 4 is 24.4 Å². The molecule has 4 heteroatoms. The van der Waals surface area contributed by atoms with E-state index in [1.807, 2.05) is 0 Å². The van der Waals surface area contributed by atoms with Gasteiger partial charge in [0.25, 0.3) is 0 Å². The third-order valence-corrected chi connectivity index (χ3v) is 0. The molecule has 0 unspecified atom stereocenters. The van der Waals surface area contributed by atoms with Crippen LogP contribution in [0.25, 0.3) is 0 Å². The zero-order valence-electron chi connectivity index (χ0n) is 2.26. The number of hydrogen-bond acceptors (Lipinski definition) is 0. The van der Waals surface area contributed by atoms with Crippen LogP contribution in [0.3, 0.4) is 0 Å². The van der Waals surface area contributed by atoms with Crippen LogP contribution in [0, 0.1) is 0 Å². The quantitative estimate of drug-likeness (QED) is 0.343. The van der Waals surface area contributed by atoms with E-state index in [1.165, 1.54) is 0 Å². The Labute approximate surface area is 64.3 Å². The van der Waals surface area contributed by atoms with Gasteiger partial charge >= 0.3 is 54.0 Å². The van der Waals surface area contributed by atoms with Crippen LogP contribution in [0.4, 0.5) is 0 Å². The Hall–Kier alpha value is 1.74. The van der Waals surface area contributed by atoms with E-state index < -0.39 is 0 Å². The predicted molar refractivity (Wildman–Crippen MR) is 7.13 cm³/mol. The van der Waals surface area contributed by atoms with Crippen LogP contribution in [0.2, 0.25) is 0 Å². The van der Waals surface area contributed by atoms with Gasteiger partial charge in [-0.1, -0.05) is 0 Å². The van der Waals surface area contributed by atoms with Gasteiger partial charge in [0.05, 0.1) is 0 Å². The fourth-order valence-electron chi connectivity index (χ4n) is 0. The minimum Gasteiger partial charge on any atom is -2.00 e. The monoisotopic (exact) mass is 176 g/mol. The van der Waals surface area contributed by atoms with Crippen molar-refractivity contribution < 1.29 is 40.5 Å². The van der Waals surface area contributed by atoms with Crippen molar-refractivity contribution in [3.8, 4) is 0 Å². The molecule has 2 nitrogen and oxygen atoms in total. The summed E-state index contributed by atoms with van der Waals surface area (Å²) in [6.07, 6.45) is 0. The molecule has 0 aromatic rings. The smallest absolute Gasteiger partial charge is 2.00 e. The number of hydrogen-bond donors (Lipinski definition) is 0. The summed E-state index contributed by atoms with van der Waals surface area (Å²) in [7, 11) is 0. The molecule has 0 saturated heterocycles. The molecule has 0 aliphatic heterocycles. The van der Waals surface area contributed by atoms with Gasteiger partial charge in [0.15, 0.2) is 0 Å². The first-order valence-electron chi connectivity index (χ1n) is 0. The number of rotatable bonds is 0. The zero-order chi connectivity index (χ0) is 0. The van der Waals surface area contributed by atoms with Gasteiger partial charge in [-0.15, -0.1) is 0 Å². The third kappa shape index (κ3) is 9.28. The molecular weight excluding hydrogens is 177 g/mol. The molecule has 0 heterocycles. The maximum Gasteiger partial charge on any atom is 3.00 e.